The number of carbonyl (C=O) groups excluding carboxylic acids is 5. The Morgan fingerprint density at radius 2 is 1.52 bits per heavy atom. The fraction of sp³-hybridized carbons (Fsp3) is 0.472. The van der Waals surface area contributed by atoms with Gasteiger partial charge in [-0.15, -0.1) is 0 Å². The number of nitrogens with two attached hydrogens (primary N) is 1. The number of ether oxygens (including phenoxy) is 3. The second kappa shape index (κ2) is 26.5. The van der Waals surface area contributed by atoms with E-state index >= 15 is 0 Å². The average molecular weight is 1110 g/mol. The SMILES string of the molecule is CC(C)[C@H](CO)Nc1nc(Nc2ccc(C(=O)NCCOCCNC(=O)CC[C@H](NC(=O)c3ccc(N(C)Cc4cnc5nc(N)nc(NC(=O)OC(C)(C)C)c5n4)cc3)C(=O)OC(C)(C)C)c(Cl)c2)c2ncn(C(C)C)c2n1. The average Bonchev–Trinajstić information content (AvgIpc) is 3.89. The van der Waals surface area contributed by atoms with Crippen molar-refractivity contribution in [2.45, 2.75) is 118 Å². The van der Waals surface area contributed by atoms with Crippen LogP contribution in [0.4, 0.5) is 39.7 Å². The van der Waals surface area contributed by atoms with E-state index in [-0.39, 0.29) is 115 Å². The molecule has 4 amide bonds. The monoisotopic (exact) mass is 1110 g/mol. The molecule has 0 saturated carbocycles. The Kier molecular flexibility index (Phi) is 20.2. The first kappa shape index (κ1) is 60.2. The van der Waals surface area contributed by atoms with Gasteiger partial charge >= 0.3 is 12.1 Å². The van der Waals surface area contributed by atoms with Gasteiger partial charge in [0, 0.05) is 49.5 Å². The lowest BCUT2D eigenvalue weighted by atomic mass is 10.1. The van der Waals surface area contributed by atoms with Crippen LogP contribution in [0.25, 0.3) is 22.3 Å². The molecule has 6 rings (SSSR count). The van der Waals surface area contributed by atoms with Crippen LogP contribution in [0.3, 0.4) is 0 Å². The summed E-state index contributed by atoms with van der Waals surface area (Å²) >= 11 is 6.60. The minimum absolute atomic E-state index is 0.0422. The number of halogens is 1. The Morgan fingerprint density at radius 1 is 0.823 bits per heavy atom. The highest BCUT2D eigenvalue weighted by atomic mass is 35.5. The molecule has 4 heterocycles. The number of hydrogen-bond donors (Lipinski definition) is 8. The number of carbonyl (C=O) groups is 5. The lowest BCUT2D eigenvalue weighted by Crippen LogP contribution is -2.45. The molecular weight excluding hydrogens is 1040 g/mol. The van der Waals surface area contributed by atoms with Gasteiger partial charge < -0.3 is 61.1 Å². The zero-order valence-corrected chi connectivity index (χ0v) is 47.1. The van der Waals surface area contributed by atoms with E-state index in [1.165, 1.54) is 6.20 Å². The van der Waals surface area contributed by atoms with Crippen LogP contribution in [-0.4, -0.2) is 138 Å². The van der Waals surface area contributed by atoms with Crippen LogP contribution >= 0.6 is 11.6 Å². The van der Waals surface area contributed by atoms with E-state index in [0.29, 0.717) is 34.3 Å². The minimum atomic E-state index is -1.14. The molecular formula is C53H71ClN16O9. The van der Waals surface area contributed by atoms with Crippen molar-refractivity contribution in [2.24, 2.45) is 5.92 Å². The smallest absolute Gasteiger partial charge is 0.413 e. The summed E-state index contributed by atoms with van der Waals surface area (Å²) in [6, 6.07) is 10.2. The van der Waals surface area contributed by atoms with Crippen molar-refractivity contribution < 1.29 is 43.3 Å². The van der Waals surface area contributed by atoms with E-state index in [9.17, 15) is 29.1 Å². The lowest BCUT2D eigenvalue weighted by molar-refractivity contribution is -0.157. The number of benzene rings is 2. The van der Waals surface area contributed by atoms with Crippen LogP contribution < -0.4 is 42.5 Å². The Balaban J connectivity index is 0.951. The fourth-order valence-corrected chi connectivity index (χ4v) is 7.87. The number of aliphatic hydroxyl groups excluding tert-OH is 1. The molecule has 0 fully saturated rings. The number of nitrogen functional groups attached to an aromatic ring is 1. The highest BCUT2D eigenvalue weighted by Crippen LogP contribution is 2.29. The van der Waals surface area contributed by atoms with Gasteiger partial charge in [0.15, 0.2) is 34.0 Å². The second-order valence-electron chi connectivity index (χ2n) is 21.1. The molecule has 79 heavy (non-hydrogen) atoms. The summed E-state index contributed by atoms with van der Waals surface area (Å²) in [5.41, 5.74) is 8.05. The molecule has 0 aliphatic heterocycles. The number of nitrogens with one attached hydrogen (secondary N) is 6. The molecule has 0 saturated heterocycles. The third-order valence-electron chi connectivity index (χ3n) is 11.6. The molecule has 2 atom stereocenters. The maximum absolute atomic E-state index is 13.5. The first-order chi connectivity index (χ1) is 37.3. The molecule has 4 aromatic heterocycles. The van der Waals surface area contributed by atoms with Crippen LogP contribution in [0.2, 0.25) is 5.02 Å². The number of anilines is 6. The lowest BCUT2D eigenvalue weighted by Gasteiger charge is -2.24. The van der Waals surface area contributed by atoms with Crippen molar-refractivity contribution in [1.29, 1.82) is 0 Å². The molecule has 6 aromatic rings. The molecule has 25 nitrogen and oxygen atoms in total. The summed E-state index contributed by atoms with van der Waals surface area (Å²) in [6.45, 7) is 19.1. The minimum Gasteiger partial charge on any atom is -0.458 e. The summed E-state index contributed by atoms with van der Waals surface area (Å²) in [5, 5.41) is 27.4. The van der Waals surface area contributed by atoms with Gasteiger partial charge in [-0.25, -0.2) is 24.5 Å². The fourth-order valence-electron chi connectivity index (χ4n) is 7.60. The largest absolute Gasteiger partial charge is 0.458 e. The Morgan fingerprint density at radius 3 is 2.16 bits per heavy atom. The van der Waals surface area contributed by atoms with Crippen molar-refractivity contribution in [3.8, 4) is 0 Å². The van der Waals surface area contributed by atoms with Crippen LogP contribution in [0, 0.1) is 5.92 Å². The second-order valence-corrected chi connectivity index (χ2v) is 21.5. The molecule has 0 aliphatic carbocycles. The van der Waals surface area contributed by atoms with Gasteiger partial charge in [-0.1, -0.05) is 25.4 Å². The first-order valence-electron chi connectivity index (χ1n) is 25.7. The zero-order chi connectivity index (χ0) is 57.8. The van der Waals surface area contributed by atoms with Crippen LogP contribution in [0.5, 0.6) is 0 Å². The summed E-state index contributed by atoms with van der Waals surface area (Å²) in [7, 11) is 1.81. The zero-order valence-electron chi connectivity index (χ0n) is 46.4. The van der Waals surface area contributed by atoms with Gasteiger partial charge in [0.05, 0.1) is 61.2 Å². The van der Waals surface area contributed by atoms with Gasteiger partial charge in [0.1, 0.15) is 17.2 Å². The van der Waals surface area contributed by atoms with Crippen molar-refractivity contribution in [2.75, 3.05) is 66.5 Å². The van der Waals surface area contributed by atoms with E-state index in [0.717, 1.165) is 5.69 Å². The molecule has 0 unspecified atom stereocenters. The number of imidazole rings is 1. The molecule has 0 spiro atoms. The van der Waals surface area contributed by atoms with Crippen LogP contribution in [-0.2, 0) is 30.3 Å². The maximum Gasteiger partial charge on any atom is 0.413 e. The van der Waals surface area contributed by atoms with Gasteiger partial charge in [0.2, 0.25) is 17.8 Å². The Hall–Kier alpha value is -8.03. The quantitative estimate of drug-likeness (QED) is 0.0243. The molecule has 0 aliphatic rings. The topological polar surface area (TPSA) is 330 Å². The van der Waals surface area contributed by atoms with E-state index in [1.54, 1.807) is 90.3 Å². The third kappa shape index (κ3) is 17.5. The molecule has 424 valence electrons. The van der Waals surface area contributed by atoms with Crippen molar-refractivity contribution in [3.05, 3.63) is 76.8 Å². The maximum atomic E-state index is 13.5. The van der Waals surface area contributed by atoms with E-state index < -0.39 is 41.1 Å². The van der Waals surface area contributed by atoms with Crippen molar-refractivity contribution in [3.63, 3.8) is 0 Å². The summed E-state index contributed by atoms with van der Waals surface area (Å²) in [5.74, 6) is -1.26. The van der Waals surface area contributed by atoms with Gasteiger partial charge in [-0.3, -0.25) is 19.7 Å². The van der Waals surface area contributed by atoms with Crippen molar-refractivity contribution >= 4 is 98.6 Å². The van der Waals surface area contributed by atoms with E-state index in [4.69, 9.17) is 36.5 Å². The molecule has 0 bridgehead atoms. The Bertz CT molecular complexity index is 3120. The molecule has 9 N–H and O–H groups in total. The normalized spacial score (nSPS) is 12.5. The standard InChI is InChI=1S/C53H71ClN16O9/c1-29(2)38(27-71)63-50-66-44(41-45(68-50)70(28-59-41)30(3)4)61-32-14-17-35(36(54)24-32)47(74)57-21-23-77-22-20-56-39(72)19-18-37(48(75)78-52(5,6)7)62-46(73)31-12-15-34(16-13-31)69(11)26-33-25-58-42-40(60-33)43(65-49(55)64-42)67-51(76)79-53(8,9)10/h12-17,24-25,28-30,37-38,71H,18-23,26-27H2,1-11H3,(H,56,72)(H,57,74)(H,62,73)(H2,61,63,66,68)(H3,55,58,64,65,67,76)/t37-,38-/m0/s1. The first-order valence-corrected chi connectivity index (χ1v) is 26.1. The Labute approximate surface area is 463 Å². The predicted molar refractivity (Wildman–Crippen MR) is 300 cm³/mol. The number of hydrogen-bond acceptors (Lipinski definition) is 20. The van der Waals surface area contributed by atoms with Gasteiger partial charge in [0.25, 0.3) is 11.8 Å². The van der Waals surface area contributed by atoms with Gasteiger partial charge in [-0.2, -0.15) is 19.9 Å². The summed E-state index contributed by atoms with van der Waals surface area (Å²) in [4.78, 5) is 98.4. The number of fused-ring (bicyclic) bond motifs is 2. The number of aromatic nitrogens is 8. The number of esters is 1. The van der Waals surface area contributed by atoms with Crippen molar-refractivity contribution in [1.82, 2.24) is 55.4 Å². The van der Waals surface area contributed by atoms with E-state index in [2.05, 4.69) is 61.8 Å². The van der Waals surface area contributed by atoms with Crippen LogP contribution in [0.15, 0.2) is 55.0 Å². The predicted octanol–water partition coefficient (Wildman–Crippen LogP) is 6.31. The summed E-state index contributed by atoms with van der Waals surface area (Å²) in [6.07, 6.45) is 2.32. The highest BCUT2D eigenvalue weighted by molar-refractivity contribution is 6.34. The third-order valence-corrected chi connectivity index (χ3v) is 11.9. The number of nitrogens with zero attached hydrogens (tertiary/aromatic N) is 9. The highest BCUT2D eigenvalue weighted by Gasteiger charge is 2.28. The number of aliphatic hydroxyl groups is 1. The number of amides is 4. The molecule has 26 heteroatoms. The van der Waals surface area contributed by atoms with Gasteiger partial charge in [-0.05, 0) is 110 Å². The molecule has 0 radical (unpaired) electrons. The van der Waals surface area contributed by atoms with E-state index in [1.807, 2.05) is 44.2 Å². The summed E-state index contributed by atoms with van der Waals surface area (Å²) < 4.78 is 18.5. The van der Waals surface area contributed by atoms with Crippen LogP contribution in [0.1, 0.15) is 115 Å². The molecule has 2 aromatic carbocycles. The number of rotatable bonds is 24.